The van der Waals surface area contributed by atoms with Crippen molar-refractivity contribution in [3.63, 3.8) is 0 Å². The predicted molar refractivity (Wildman–Crippen MR) is 85.5 cm³/mol. The Morgan fingerprint density at radius 1 is 1.00 bits per heavy atom. The number of ether oxygens (including phenoxy) is 1. The summed E-state index contributed by atoms with van der Waals surface area (Å²) >= 11 is 0. The predicted octanol–water partition coefficient (Wildman–Crippen LogP) is 1.05. The first-order valence-electron chi connectivity index (χ1n) is 6.74. The van der Waals surface area contributed by atoms with Gasteiger partial charge in [-0.1, -0.05) is 18.2 Å². The highest BCUT2D eigenvalue weighted by molar-refractivity contribution is 7.92. The second-order valence-electron chi connectivity index (χ2n) is 4.83. The molecule has 0 spiro atoms. The molecule has 8 nitrogen and oxygen atoms in total. The number of nitrogens with one attached hydrogen (secondary N) is 1. The van der Waals surface area contributed by atoms with Gasteiger partial charge in [-0.15, -0.1) is 0 Å². The lowest BCUT2D eigenvalue weighted by molar-refractivity contribution is -0.0498. The Hall–Kier alpha value is -2.57. The van der Waals surface area contributed by atoms with Crippen molar-refractivity contribution in [2.45, 2.75) is 16.4 Å². The molecule has 2 aromatic carbocycles. The van der Waals surface area contributed by atoms with Crippen LogP contribution in [0.3, 0.4) is 0 Å². The summed E-state index contributed by atoms with van der Waals surface area (Å²) in [6, 6.07) is 8.83. The molecule has 140 valence electrons. The highest BCUT2D eigenvalue weighted by Gasteiger charge is 2.26. The minimum atomic E-state index is -4.61. The van der Waals surface area contributed by atoms with E-state index in [1.54, 1.807) is 4.72 Å². The maximum atomic E-state index is 12.3. The van der Waals surface area contributed by atoms with Gasteiger partial charge in [0, 0.05) is 5.56 Å². The van der Waals surface area contributed by atoms with Crippen LogP contribution in [0, 0.1) is 0 Å². The van der Waals surface area contributed by atoms with Crippen LogP contribution in [0.25, 0.3) is 0 Å². The van der Waals surface area contributed by atoms with Crippen LogP contribution in [0.2, 0.25) is 0 Å². The summed E-state index contributed by atoms with van der Waals surface area (Å²) in [7, 11) is -8.98. The molecule has 0 saturated heterocycles. The number of rotatable bonds is 6. The number of hydrogen-bond donors (Lipinski definition) is 2. The fourth-order valence-electron chi connectivity index (χ4n) is 1.96. The number of sulfonamides is 2. The van der Waals surface area contributed by atoms with Gasteiger partial charge in [0.2, 0.25) is 10.0 Å². The van der Waals surface area contributed by atoms with E-state index in [0.29, 0.717) is 0 Å². The zero-order chi connectivity index (χ0) is 19.5. The van der Waals surface area contributed by atoms with E-state index in [2.05, 4.69) is 4.74 Å². The molecule has 0 heterocycles. The second kappa shape index (κ2) is 7.35. The smallest absolute Gasteiger partial charge is 0.387 e. The lowest BCUT2D eigenvalue weighted by Gasteiger charge is -2.11. The van der Waals surface area contributed by atoms with Gasteiger partial charge in [-0.3, -0.25) is 4.79 Å². The Bertz CT molecular complexity index is 1040. The molecule has 0 unspecified atom stereocenters. The van der Waals surface area contributed by atoms with Crippen LogP contribution < -0.4 is 14.6 Å². The van der Waals surface area contributed by atoms with Gasteiger partial charge >= 0.3 is 6.61 Å². The highest BCUT2D eigenvalue weighted by Crippen LogP contribution is 2.20. The van der Waals surface area contributed by atoms with Gasteiger partial charge in [0.25, 0.3) is 15.9 Å². The van der Waals surface area contributed by atoms with Crippen molar-refractivity contribution in [3.05, 3.63) is 54.1 Å². The maximum Gasteiger partial charge on any atom is 0.387 e. The Morgan fingerprint density at radius 3 is 2.19 bits per heavy atom. The summed E-state index contributed by atoms with van der Waals surface area (Å²) in [4.78, 5) is 10.7. The standard InChI is InChI=1S/C14H12F2N2O6S2/c15-14(16)24-10-5-3-4-9(8-10)13(19)18-26(22,23)12-7-2-1-6-11(12)25(17,20)21/h1-8,14H,(H,18,19)(H2,17,20,21). The van der Waals surface area contributed by atoms with Crippen molar-refractivity contribution >= 4 is 26.0 Å². The van der Waals surface area contributed by atoms with Crippen molar-refractivity contribution in [2.75, 3.05) is 0 Å². The van der Waals surface area contributed by atoms with E-state index < -0.39 is 42.4 Å². The number of nitrogens with two attached hydrogens (primary N) is 1. The number of hydrogen-bond acceptors (Lipinski definition) is 6. The third-order valence-corrected chi connectivity index (χ3v) is 5.48. The number of amides is 1. The number of alkyl halides is 2. The fraction of sp³-hybridized carbons (Fsp3) is 0.0714. The van der Waals surface area contributed by atoms with Gasteiger partial charge in [-0.05, 0) is 30.3 Å². The van der Waals surface area contributed by atoms with E-state index >= 15 is 0 Å². The first-order chi connectivity index (χ1) is 12.0. The summed E-state index contributed by atoms with van der Waals surface area (Å²) in [6.07, 6.45) is 0. The zero-order valence-corrected chi connectivity index (χ0v) is 14.4. The van der Waals surface area contributed by atoms with Crippen molar-refractivity contribution < 1.29 is 35.1 Å². The largest absolute Gasteiger partial charge is 0.435 e. The van der Waals surface area contributed by atoms with Crippen LogP contribution in [0.1, 0.15) is 10.4 Å². The lowest BCUT2D eigenvalue weighted by atomic mass is 10.2. The first-order valence-corrected chi connectivity index (χ1v) is 9.77. The van der Waals surface area contributed by atoms with Crippen LogP contribution in [0.15, 0.2) is 58.3 Å². The van der Waals surface area contributed by atoms with Gasteiger partial charge in [0.1, 0.15) is 15.5 Å². The van der Waals surface area contributed by atoms with Crippen LogP contribution in [-0.2, 0) is 20.0 Å². The molecular formula is C14H12F2N2O6S2. The minimum Gasteiger partial charge on any atom is -0.435 e. The zero-order valence-electron chi connectivity index (χ0n) is 12.8. The quantitative estimate of drug-likeness (QED) is 0.737. The van der Waals surface area contributed by atoms with Crippen molar-refractivity contribution in [2.24, 2.45) is 5.14 Å². The Morgan fingerprint density at radius 2 is 1.62 bits per heavy atom. The number of halogens is 2. The topological polar surface area (TPSA) is 133 Å². The SMILES string of the molecule is NS(=O)(=O)c1ccccc1S(=O)(=O)NC(=O)c1cccc(OC(F)F)c1. The van der Waals surface area contributed by atoms with Gasteiger partial charge in [-0.25, -0.2) is 26.7 Å². The van der Waals surface area contributed by atoms with E-state index in [-0.39, 0.29) is 11.3 Å². The summed E-state index contributed by atoms with van der Waals surface area (Å²) in [5.74, 6) is -1.52. The molecule has 26 heavy (non-hydrogen) atoms. The summed E-state index contributed by atoms with van der Waals surface area (Å²) < 4.78 is 77.9. The molecule has 2 rings (SSSR count). The third kappa shape index (κ3) is 4.74. The molecule has 0 radical (unpaired) electrons. The molecule has 0 saturated carbocycles. The van der Waals surface area contributed by atoms with Crippen LogP contribution in [0.5, 0.6) is 5.75 Å². The normalized spacial score (nSPS) is 12.0. The van der Waals surface area contributed by atoms with E-state index in [0.717, 1.165) is 30.3 Å². The monoisotopic (exact) mass is 406 g/mol. The van der Waals surface area contributed by atoms with Crippen LogP contribution in [0.4, 0.5) is 8.78 Å². The molecule has 12 heteroatoms. The number of benzene rings is 2. The van der Waals surface area contributed by atoms with Crippen LogP contribution >= 0.6 is 0 Å². The summed E-state index contributed by atoms with van der Waals surface area (Å²) in [5, 5.41) is 4.97. The Labute approximate surface area is 147 Å². The van der Waals surface area contributed by atoms with Gasteiger partial charge < -0.3 is 4.74 Å². The average Bonchev–Trinajstić information content (AvgIpc) is 2.53. The number of carbonyl (C=O) groups is 1. The van der Waals surface area contributed by atoms with Crippen LogP contribution in [-0.4, -0.2) is 29.4 Å². The molecule has 0 bridgehead atoms. The van der Waals surface area contributed by atoms with Crippen molar-refractivity contribution in [1.82, 2.24) is 4.72 Å². The molecule has 1 amide bonds. The molecule has 0 aliphatic heterocycles. The molecule has 0 aliphatic carbocycles. The molecule has 3 N–H and O–H groups in total. The Kier molecular flexibility index (Phi) is 5.59. The molecule has 0 aliphatic rings. The summed E-state index contributed by atoms with van der Waals surface area (Å²) in [6.45, 7) is -3.13. The van der Waals surface area contributed by atoms with Crippen molar-refractivity contribution in [3.8, 4) is 5.75 Å². The van der Waals surface area contributed by atoms with E-state index in [4.69, 9.17) is 5.14 Å². The third-order valence-electron chi connectivity index (χ3n) is 2.99. The second-order valence-corrected chi connectivity index (χ2v) is 8.01. The molecule has 2 aromatic rings. The molecular weight excluding hydrogens is 394 g/mol. The fourth-order valence-corrected chi connectivity index (χ4v) is 4.31. The lowest BCUT2D eigenvalue weighted by Crippen LogP contribution is -2.32. The van der Waals surface area contributed by atoms with E-state index in [1.807, 2.05) is 0 Å². The van der Waals surface area contributed by atoms with E-state index in [9.17, 15) is 30.4 Å². The van der Waals surface area contributed by atoms with E-state index in [1.165, 1.54) is 18.2 Å². The highest BCUT2D eigenvalue weighted by atomic mass is 32.2. The van der Waals surface area contributed by atoms with Gasteiger partial charge in [-0.2, -0.15) is 8.78 Å². The minimum absolute atomic E-state index is 0.292. The first kappa shape index (κ1) is 19.8. The summed E-state index contributed by atoms with van der Waals surface area (Å²) in [5.41, 5.74) is -0.292. The average molecular weight is 406 g/mol. The van der Waals surface area contributed by atoms with Gasteiger partial charge in [0.05, 0.1) is 0 Å². The number of carbonyl (C=O) groups excluding carboxylic acids is 1. The maximum absolute atomic E-state index is 12.3. The molecule has 0 atom stereocenters. The van der Waals surface area contributed by atoms with Gasteiger partial charge in [0.15, 0.2) is 0 Å². The van der Waals surface area contributed by atoms with Crippen molar-refractivity contribution in [1.29, 1.82) is 0 Å². The molecule has 0 fully saturated rings. The molecule has 0 aromatic heterocycles. The number of primary sulfonamides is 1. The Balaban J connectivity index is 2.35.